The minimum atomic E-state index is -1.23. The molecule has 3 rings (SSSR count). The molecule has 6 nitrogen and oxygen atoms in total. The highest BCUT2D eigenvalue weighted by Crippen LogP contribution is 2.41. The third-order valence-electron chi connectivity index (χ3n) is 4.61. The smallest absolute Gasteiger partial charge is 0.332 e. The number of aliphatic hydroxyl groups excluding tert-OH is 1. The summed E-state index contributed by atoms with van der Waals surface area (Å²) in [6, 6.07) is 4.51. The molecular formula is C15H14ClN3O3. The van der Waals surface area contributed by atoms with Crippen LogP contribution in [0.4, 0.5) is 10.5 Å². The molecule has 2 fully saturated rings. The van der Waals surface area contributed by atoms with E-state index in [1.807, 2.05) is 6.07 Å². The SMILES string of the molecule is Cc1c(N2C(=O)N3CC[C@@H](O)[C@]3(C)C2=O)ccc(C#N)c1Cl. The molecule has 2 aliphatic heterocycles. The molecule has 2 aliphatic rings. The van der Waals surface area contributed by atoms with E-state index in [4.69, 9.17) is 16.9 Å². The molecule has 2 saturated heterocycles. The number of carbonyl (C=O) groups is 2. The van der Waals surface area contributed by atoms with E-state index >= 15 is 0 Å². The summed E-state index contributed by atoms with van der Waals surface area (Å²) in [6.07, 6.45) is -0.502. The molecule has 3 amide bonds. The van der Waals surface area contributed by atoms with Crippen molar-refractivity contribution in [3.05, 3.63) is 28.3 Å². The van der Waals surface area contributed by atoms with E-state index in [1.54, 1.807) is 13.8 Å². The Hall–Kier alpha value is -2.10. The summed E-state index contributed by atoms with van der Waals surface area (Å²) in [6.45, 7) is 3.56. The van der Waals surface area contributed by atoms with Crippen molar-refractivity contribution < 1.29 is 14.7 Å². The predicted octanol–water partition coefficient (Wildman–Crippen LogP) is 1.81. The number of nitrogens with zero attached hydrogens (tertiary/aromatic N) is 3. The molecule has 1 aromatic rings. The molecule has 1 N–H and O–H groups in total. The molecule has 114 valence electrons. The van der Waals surface area contributed by atoms with Gasteiger partial charge in [0.2, 0.25) is 0 Å². The van der Waals surface area contributed by atoms with E-state index < -0.39 is 23.6 Å². The average molecular weight is 320 g/mol. The Kier molecular flexibility index (Phi) is 3.17. The van der Waals surface area contributed by atoms with E-state index in [0.29, 0.717) is 24.2 Å². The quantitative estimate of drug-likeness (QED) is 0.800. The maximum absolute atomic E-state index is 12.7. The number of hydrogen-bond acceptors (Lipinski definition) is 4. The first kappa shape index (κ1) is 14.8. The fourth-order valence-electron chi connectivity index (χ4n) is 3.15. The number of amides is 3. The van der Waals surface area contributed by atoms with Crippen molar-refractivity contribution >= 4 is 29.2 Å². The van der Waals surface area contributed by atoms with E-state index in [-0.39, 0.29) is 10.6 Å². The second-order valence-corrected chi connectivity index (χ2v) is 6.09. The van der Waals surface area contributed by atoms with Gasteiger partial charge >= 0.3 is 6.03 Å². The van der Waals surface area contributed by atoms with Crippen LogP contribution in [-0.2, 0) is 4.79 Å². The van der Waals surface area contributed by atoms with Gasteiger partial charge in [-0.25, -0.2) is 9.69 Å². The van der Waals surface area contributed by atoms with Gasteiger partial charge in [0.15, 0.2) is 0 Å². The monoisotopic (exact) mass is 319 g/mol. The number of anilines is 1. The Labute approximate surface area is 132 Å². The van der Waals surface area contributed by atoms with Crippen LogP contribution in [0.2, 0.25) is 5.02 Å². The number of carbonyl (C=O) groups excluding carboxylic acids is 2. The van der Waals surface area contributed by atoms with Gasteiger partial charge in [-0.15, -0.1) is 0 Å². The Morgan fingerprint density at radius 3 is 2.73 bits per heavy atom. The molecule has 0 bridgehead atoms. The summed E-state index contributed by atoms with van der Waals surface area (Å²) >= 11 is 6.12. The van der Waals surface area contributed by atoms with Crippen LogP contribution in [-0.4, -0.2) is 40.1 Å². The fourth-order valence-corrected chi connectivity index (χ4v) is 3.35. The fraction of sp³-hybridized carbons (Fsp3) is 0.400. The maximum atomic E-state index is 12.7. The number of nitriles is 1. The Balaban J connectivity index is 2.12. The average Bonchev–Trinajstić information content (AvgIpc) is 2.89. The Morgan fingerprint density at radius 1 is 1.45 bits per heavy atom. The van der Waals surface area contributed by atoms with Crippen molar-refractivity contribution in [2.24, 2.45) is 0 Å². The largest absolute Gasteiger partial charge is 0.390 e. The summed E-state index contributed by atoms with van der Waals surface area (Å²) < 4.78 is 0. The number of benzene rings is 1. The highest BCUT2D eigenvalue weighted by atomic mass is 35.5. The molecule has 1 aromatic carbocycles. The third kappa shape index (κ3) is 1.64. The van der Waals surface area contributed by atoms with Crippen LogP contribution < -0.4 is 4.90 Å². The molecule has 0 unspecified atom stereocenters. The van der Waals surface area contributed by atoms with Gasteiger partial charge in [-0.05, 0) is 38.0 Å². The maximum Gasteiger partial charge on any atom is 0.332 e. The van der Waals surface area contributed by atoms with Crippen molar-refractivity contribution in [2.45, 2.75) is 31.9 Å². The molecule has 22 heavy (non-hydrogen) atoms. The Bertz CT molecular complexity index is 742. The first-order chi connectivity index (χ1) is 10.3. The zero-order valence-electron chi connectivity index (χ0n) is 12.1. The lowest BCUT2D eigenvalue weighted by atomic mass is 9.95. The lowest BCUT2D eigenvalue weighted by molar-refractivity contribution is -0.126. The molecule has 0 aliphatic carbocycles. The van der Waals surface area contributed by atoms with E-state index in [2.05, 4.69) is 0 Å². The highest BCUT2D eigenvalue weighted by Gasteiger charge is 2.61. The zero-order chi connectivity index (χ0) is 16.2. The van der Waals surface area contributed by atoms with Crippen LogP contribution in [0.3, 0.4) is 0 Å². The first-order valence-corrected chi connectivity index (χ1v) is 7.25. The predicted molar refractivity (Wildman–Crippen MR) is 79.5 cm³/mol. The van der Waals surface area contributed by atoms with Crippen LogP contribution in [0, 0.1) is 18.3 Å². The number of rotatable bonds is 1. The van der Waals surface area contributed by atoms with Crippen LogP contribution in [0.15, 0.2) is 12.1 Å². The number of halogens is 1. The van der Waals surface area contributed by atoms with Gasteiger partial charge in [0.25, 0.3) is 5.91 Å². The van der Waals surface area contributed by atoms with Crippen molar-refractivity contribution in [1.29, 1.82) is 5.26 Å². The van der Waals surface area contributed by atoms with Crippen LogP contribution in [0.25, 0.3) is 0 Å². The molecule has 0 aromatic heterocycles. The molecular weight excluding hydrogens is 306 g/mol. The zero-order valence-corrected chi connectivity index (χ0v) is 12.9. The van der Waals surface area contributed by atoms with Crippen molar-refractivity contribution in [2.75, 3.05) is 11.4 Å². The van der Waals surface area contributed by atoms with Gasteiger partial charge in [0.05, 0.1) is 22.4 Å². The number of imide groups is 1. The topological polar surface area (TPSA) is 84.6 Å². The molecule has 2 heterocycles. The van der Waals surface area contributed by atoms with Gasteiger partial charge < -0.3 is 10.0 Å². The summed E-state index contributed by atoms with van der Waals surface area (Å²) in [5, 5.41) is 19.3. The number of fused-ring (bicyclic) bond motifs is 1. The van der Waals surface area contributed by atoms with Gasteiger partial charge in [-0.3, -0.25) is 4.79 Å². The Morgan fingerprint density at radius 2 is 2.14 bits per heavy atom. The first-order valence-electron chi connectivity index (χ1n) is 6.87. The van der Waals surface area contributed by atoms with E-state index in [1.165, 1.54) is 17.0 Å². The number of hydrogen-bond donors (Lipinski definition) is 1. The van der Waals surface area contributed by atoms with E-state index in [9.17, 15) is 14.7 Å². The van der Waals surface area contributed by atoms with Gasteiger partial charge in [-0.2, -0.15) is 5.26 Å². The van der Waals surface area contributed by atoms with Crippen molar-refractivity contribution in [3.8, 4) is 6.07 Å². The highest BCUT2D eigenvalue weighted by molar-refractivity contribution is 6.33. The molecule has 0 radical (unpaired) electrons. The summed E-state index contributed by atoms with van der Waals surface area (Å²) in [5.74, 6) is -0.466. The van der Waals surface area contributed by atoms with Gasteiger partial charge in [0, 0.05) is 6.54 Å². The summed E-state index contributed by atoms with van der Waals surface area (Å²) in [5.41, 5.74) is -0.110. The lowest BCUT2D eigenvalue weighted by Gasteiger charge is -2.26. The van der Waals surface area contributed by atoms with Gasteiger partial charge in [0.1, 0.15) is 11.6 Å². The van der Waals surface area contributed by atoms with Crippen LogP contribution >= 0.6 is 11.6 Å². The number of aliphatic hydroxyl groups is 1. The standard InChI is InChI=1S/C15H14ClN3O3/c1-8-10(4-3-9(7-17)12(8)16)19-13(21)15(2)11(20)5-6-18(15)14(19)22/h3-4,11,20H,5-6H2,1-2H3/t11-,15-/m1/s1. The molecule has 2 atom stereocenters. The third-order valence-corrected chi connectivity index (χ3v) is 5.10. The minimum absolute atomic E-state index is 0.221. The second-order valence-electron chi connectivity index (χ2n) is 5.71. The van der Waals surface area contributed by atoms with Crippen LogP contribution in [0.1, 0.15) is 24.5 Å². The minimum Gasteiger partial charge on any atom is -0.390 e. The molecule has 0 spiro atoms. The lowest BCUT2D eigenvalue weighted by Crippen LogP contribution is -2.49. The second kappa shape index (κ2) is 4.70. The van der Waals surface area contributed by atoms with Crippen LogP contribution in [0.5, 0.6) is 0 Å². The van der Waals surface area contributed by atoms with Crippen molar-refractivity contribution in [3.63, 3.8) is 0 Å². The normalized spacial score (nSPS) is 27.3. The van der Waals surface area contributed by atoms with E-state index in [0.717, 1.165) is 4.90 Å². The summed E-state index contributed by atoms with van der Waals surface area (Å²) in [7, 11) is 0. The molecule has 7 heteroatoms. The number of urea groups is 1. The van der Waals surface area contributed by atoms with Gasteiger partial charge in [-0.1, -0.05) is 11.6 Å². The summed E-state index contributed by atoms with van der Waals surface area (Å²) in [4.78, 5) is 27.8. The van der Waals surface area contributed by atoms with Crippen molar-refractivity contribution in [1.82, 2.24) is 4.90 Å². The molecule has 0 saturated carbocycles.